The van der Waals surface area contributed by atoms with Crippen LogP contribution in [0, 0.1) is 11.7 Å². The summed E-state index contributed by atoms with van der Waals surface area (Å²) < 4.78 is 58.8. The molecule has 2 fully saturated rings. The van der Waals surface area contributed by atoms with Crippen molar-refractivity contribution in [3.8, 4) is 5.88 Å². The SMILES string of the molecule is COc1ccc(N2C(=O)N(C)C(=O)C23CCN(C(O)[C@H](NC(=O)c2cc(C(F)(F)F)ccc2F)C(C)C)CC3)cn1. The number of aliphatic hydroxyl groups excluding tert-OH is 1. The molecule has 2 aromatic rings. The van der Waals surface area contributed by atoms with Crippen LogP contribution in [0.25, 0.3) is 0 Å². The van der Waals surface area contributed by atoms with Crippen LogP contribution >= 0.6 is 0 Å². The molecule has 2 saturated heterocycles. The lowest BCUT2D eigenvalue weighted by molar-refractivity contribution is -0.137. The van der Waals surface area contributed by atoms with E-state index in [9.17, 15) is 37.1 Å². The summed E-state index contributed by atoms with van der Waals surface area (Å²) in [6.07, 6.45) is -4.36. The highest BCUT2D eigenvalue weighted by molar-refractivity contribution is 6.16. The van der Waals surface area contributed by atoms with E-state index >= 15 is 0 Å². The van der Waals surface area contributed by atoms with Crippen molar-refractivity contribution in [2.45, 2.75) is 50.7 Å². The molecule has 0 aliphatic carbocycles. The van der Waals surface area contributed by atoms with Crippen molar-refractivity contribution in [3.63, 3.8) is 0 Å². The topological polar surface area (TPSA) is 115 Å². The van der Waals surface area contributed by atoms with E-state index in [1.165, 1.54) is 25.3 Å². The van der Waals surface area contributed by atoms with Gasteiger partial charge in [0, 0.05) is 26.2 Å². The van der Waals surface area contributed by atoms with Crippen LogP contribution < -0.4 is 15.0 Å². The van der Waals surface area contributed by atoms with Crippen LogP contribution in [0.5, 0.6) is 5.88 Å². The highest BCUT2D eigenvalue weighted by Gasteiger charge is 2.58. The number of imide groups is 1. The van der Waals surface area contributed by atoms with Gasteiger partial charge in [0.1, 0.15) is 17.6 Å². The number of nitrogens with zero attached hydrogens (tertiary/aromatic N) is 4. The van der Waals surface area contributed by atoms with E-state index < -0.39 is 64.7 Å². The molecule has 1 unspecified atom stereocenters. The van der Waals surface area contributed by atoms with Crippen molar-refractivity contribution in [1.82, 2.24) is 20.1 Å². The van der Waals surface area contributed by atoms with Crippen molar-refractivity contribution in [1.29, 1.82) is 0 Å². The minimum atomic E-state index is -4.77. The Labute approximate surface area is 233 Å². The Morgan fingerprint density at radius 3 is 2.34 bits per heavy atom. The number of methoxy groups -OCH3 is 1. The summed E-state index contributed by atoms with van der Waals surface area (Å²) in [5.41, 5.74) is -2.80. The molecule has 0 radical (unpaired) electrons. The van der Waals surface area contributed by atoms with E-state index in [1.54, 1.807) is 30.9 Å². The highest BCUT2D eigenvalue weighted by atomic mass is 19.4. The third-order valence-electron chi connectivity index (χ3n) is 7.67. The second-order valence-corrected chi connectivity index (χ2v) is 10.5. The number of halogens is 4. The molecule has 0 saturated carbocycles. The summed E-state index contributed by atoms with van der Waals surface area (Å²) in [4.78, 5) is 47.4. The number of pyridine rings is 1. The predicted octanol–water partition coefficient (Wildman–Crippen LogP) is 3.25. The van der Waals surface area contributed by atoms with E-state index in [-0.39, 0.29) is 25.9 Å². The second-order valence-electron chi connectivity index (χ2n) is 10.5. The Kier molecular flexibility index (Phi) is 8.28. The monoisotopic (exact) mass is 581 g/mol. The maximum absolute atomic E-state index is 14.3. The summed E-state index contributed by atoms with van der Waals surface area (Å²) in [6.45, 7) is 3.67. The fraction of sp³-hybridized carbons (Fsp3) is 0.481. The first-order chi connectivity index (χ1) is 19.2. The van der Waals surface area contributed by atoms with Crippen molar-refractivity contribution in [2.75, 3.05) is 32.1 Å². The number of carbonyl (C=O) groups is 3. The highest BCUT2D eigenvalue weighted by Crippen LogP contribution is 2.40. The van der Waals surface area contributed by atoms with Crippen LogP contribution in [0.1, 0.15) is 42.6 Å². The number of benzene rings is 1. The van der Waals surface area contributed by atoms with Gasteiger partial charge in [-0.25, -0.2) is 14.2 Å². The van der Waals surface area contributed by atoms with Crippen LogP contribution in [-0.2, 0) is 11.0 Å². The predicted molar refractivity (Wildman–Crippen MR) is 138 cm³/mol. The molecule has 10 nitrogen and oxygen atoms in total. The number of aliphatic hydroxyl groups is 1. The number of aromatic nitrogens is 1. The van der Waals surface area contributed by atoms with Gasteiger partial charge in [-0.1, -0.05) is 13.8 Å². The number of urea groups is 1. The van der Waals surface area contributed by atoms with Crippen molar-refractivity contribution in [3.05, 3.63) is 53.5 Å². The third-order valence-corrected chi connectivity index (χ3v) is 7.67. The normalized spacial score (nSPS) is 19.2. The number of hydrogen-bond donors (Lipinski definition) is 2. The van der Waals surface area contributed by atoms with E-state index in [2.05, 4.69) is 10.3 Å². The maximum Gasteiger partial charge on any atom is 0.416 e. The van der Waals surface area contributed by atoms with Gasteiger partial charge < -0.3 is 15.2 Å². The average Bonchev–Trinajstić information content (AvgIpc) is 3.11. The Morgan fingerprint density at radius 2 is 1.80 bits per heavy atom. The standard InChI is InChI=1S/C27H31F4N5O5/c1-15(2)21(33-22(37)18-13-16(27(29,30)31)5-7-19(18)28)23(38)35-11-9-26(10-12-35)24(39)34(3)25(40)36(26)17-6-8-20(41-4)32-14-17/h5-8,13-15,21,23,38H,9-12H2,1-4H3,(H,33,37)/t21-,23?/m1/s1. The van der Waals surface area contributed by atoms with Crippen LogP contribution in [-0.4, -0.2) is 82.8 Å². The molecule has 1 spiro atoms. The van der Waals surface area contributed by atoms with Gasteiger partial charge in [-0.3, -0.25) is 24.3 Å². The molecule has 2 aliphatic rings. The van der Waals surface area contributed by atoms with Gasteiger partial charge in [-0.05, 0) is 43.0 Å². The lowest BCUT2D eigenvalue weighted by Crippen LogP contribution is -2.61. The Hall–Kier alpha value is -3.78. The molecule has 14 heteroatoms. The fourth-order valence-electron chi connectivity index (χ4n) is 5.32. The first kappa shape index (κ1) is 30.2. The number of hydrogen-bond acceptors (Lipinski definition) is 7. The Balaban J connectivity index is 1.52. The van der Waals surface area contributed by atoms with Crippen molar-refractivity contribution >= 4 is 23.5 Å². The Bertz CT molecular complexity index is 1310. The van der Waals surface area contributed by atoms with Gasteiger partial charge in [0.15, 0.2) is 0 Å². The molecule has 3 heterocycles. The van der Waals surface area contributed by atoms with Crippen LogP contribution in [0.4, 0.5) is 28.0 Å². The number of piperidine rings is 1. The molecule has 41 heavy (non-hydrogen) atoms. The number of alkyl halides is 3. The number of likely N-dealkylation sites (tertiary alicyclic amines) is 1. The average molecular weight is 582 g/mol. The smallest absolute Gasteiger partial charge is 0.416 e. The molecular weight excluding hydrogens is 550 g/mol. The number of nitrogens with one attached hydrogen (secondary N) is 1. The van der Waals surface area contributed by atoms with Crippen LogP contribution in [0.3, 0.4) is 0 Å². The van der Waals surface area contributed by atoms with Gasteiger partial charge >= 0.3 is 12.2 Å². The van der Waals surface area contributed by atoms with Gasteiger partial charge in [0.05, 0.1) is 36.2 Å². The van der Waals surface area contributed by atoms with Crippen molar-refractivity contribution in [2.24, 2.45) is 5.92 Å². The molecule has 0 bridgehead atoms. The lowest BCUT2D eigenvalue weighted by Gasteiger charge is -2.45. The molecule has 1 aromatic carbocycles. The van der Waals surface area contributed by atoms with E-state index in [1.807, 2.05) is 0 Å². The van der Waals surface area contributed by atoms with Crippen LogP contribution in [0.2, 0.25) is 0 Å². The quantitative estimate of drug-likeness (QED) is 0.381. The third kappa shape index (κ3) is 5.58. The maximum atomic E-state index is 14.3. The summed E-state index contributed by atoms with van der Waals surface area (Å²) in [5.74, 6) is -2.70. The zero-order valence-corrected chi connectivity index (χ0v) is 22.9. The molecule has 222 valence electrons. The minimum absolute atomic E-state index is 0.144. The summed E-state index contributed by atoms with van der Waals surface area (Å²) >= 11 is 0. The first-order valence-electron chi connectivity index (χ1n) is 12.9. The van der Waals surface area contributed by atoms with Gasteiger partial charge in [0.2, 0.25) is 5.88 Å². The molecule has 4 rings (SSSR count). The summed E-state index contributed by atoms with van der Waals surface area (Å²) in [5, 5.41) is 13.7. The van der Waals surface area contributed by atoms with E-state index in [4.69, 9.17) is 4.74 Å². The van der Waals surface area contributed by atoms with Gasteiger partial charge in [-0.2, -0.15) is 13.2 Å². The van der Waals surface area contributed by atoms with Crippen molar-refractivity contribution < 1.29 is 41.8 Å². The number of anilines is 1. The van der Waals surface area contributed by atoms with Gasteiger partial charge in [-0.15, -0.1) is 0 Å². The van der Waals surface area contributed by atoms with Crippen LogP contribution in [0.15, 0.2) is 36.5 Å². The zero-order chi connectivity index (χ0) is 30.3. The number of ether oxygens (including phenoxy) is 1. The zero-order valence-electron chi connectivity index (χ0n) is 22.9. The number of amides is 4. The lowest BCUT2D eigenvalue weighted by atomic mass is 9.85. The second kappa shape index (κ2) is 11.2. The number of carbonyl (C=O) groups excluding carboxylic acids is 3. The number of likely N-dealkylation sites (N-methyl/N-ethyl adjacent to an activating group) is 1. The molecule has 2 aliphatic heterocycles. The molecule has 1 aromatic heterocycles. The Morgan fingerprint density at radius 1 is 1.15 bits per heavy atom. The molecule has 2 N–H and O–H groups in total. The minimum Gasteiger partial charge on any atom is -0.481 e. The molecular formula is C27H31F4N5O5. The van der Waals surface area contributed by atoms with E-state index in [0.717, 1.165) is 4.90 Å². The first-order valence-corrected chi connectivity index (χ1v) is 12.9. The fourth-order valence-corrected chi connectivity index (χ4v) is 5.32. The molecule has 2 atom stereocenters. The number of rotatable bonds is 7. The van der Waals surface area contributed by atoms with E-state index in [0.29, 0.717) is 29.8 Å². The van der Waals surface area contributed by atoms with Gasteiger partial charge in [0.25, 0.3) is 11.8 Å². The largest absolute Gasteiger partial charge is 0.481 e. The molecule has 4 amide bonds. The summed E-state index contributed by atoms with van der Waals surface area (Å²) in [7, 11) is 2.84. The summed E-state index contributed by atoms with van der Waals surface area (Å²) in [6, 6.07) is 3.23.